The van der Waals surface area contributed by atoms with Gasteiger partial charge in [-0.2, -0.15) is 5.10 Å². The maximum atomic E-state index is 14.2. The van der Waals surface area contributed by atoms with E-state index in [0.29, 0.717) is 18.9 Å². The Bertz CT molecular complexity index is 1060. The number of nitrogens with zero attached hydrogens (tertiary/aromatic N) is 3. The third-order valence-corrected chi connectivity index (χ3v) is 6.63. The summed E-state index contributed by atoms with van der Waals surface area (Å²) in [5.41, 5.74) is 4.24. The standard InChI is InChI=1S/C28H35N3O3/c1-4-30-18-21(17-29-30)19-31(24-11-9-22(10-12-24)20(2)3)28(33)27-16-25(34-14-13-32)15-23-7-5-6-8-26(23)27/h5-12,15,17-18,20,25-27,32H,4,13-14,16,19H2,1-3H3. The Labute approximate surface area is 202 Å². The van der Waals surface area contributed by atoms with E-state index in [0.717, 1.165) is 23.4 Å². The van der Waals surface area contributed by atoms with Gasteiger partial charge >= 0.3 is 0 Å². The molecule has 0 saturated heterocycles. The molecule has 1 aromatic carbocycles. The molecular weight excluding hydrogens is 426 g/mol. The number of hydrogen-bond acceptors (Lipinski definition) is 4. The molecule has 1 aromatic heterocycles. The van der Waals surface area contributed by atoms with E-state index in [1.54, 1.807) is 0 Å². The molecule has 6 nitrogen and oxygen atoms in total. The number of aromatic nitrogens is 2. The summed E-state index contributed by atoms with van der Waals surface area (Å²) in [5, 5.41) is 13.6. The lowest BCUT2D eigenvalue weighted by molar-refractivity contribution is -0.125. The molecule has 1 heterocycles. The summed E-state index contributed by atoms with van der Waals surface area (Å²) in [5.74, 6) is 0.267. The minimum Gasteiger partial charge on any atom is -0.394 e. The zero-order chi connectivity index (χ0) is 24.1. The van der Waals surface area contributed by atoms with Crippen LogP contribution in [0.2, 0.25) is 0 Å². The van der Waals surface area contributed by atoms with E-state index in [9.17, 15) is 9.90 Å². The van der Waals surface area contributed by atoms with E-state index in [1.165, 1.54) is 5.56 Å². The Kier molecular flexibility index (Phi) is 7.80. The lowest BCUT2D eigenvalue weighted by Crippen LogP contribution is -2.42. The Morgan fingerprint density at radius 1 is 1.26 bits per heavy atom. The third-order valence-electron chi connectivity index (χ3n) is 6.63. The van der Waals surface area contributed by atoms with Crippen LogP contribution in [0.15, 0.2) is 72.6 Å². The number of allylic oxidation sites excluding steroid dienone is 5. The molecule has 3 unspecified atom stereocenters. The summed E-state index contributed by atoms with van der Waals surface area (Å²) >= 11 is 0. The number of aryl methyl sites for hydroxylation is 1. The van der Waals surface area contributed by atoms with Crippen molar-refractivity contribution in [1.29, 1.82) is 0 Å². The summed E-state index contributed by atoms with van der Waals surface area (Å²) in [6, 6.07) is 8.32. The molecule has 0 radical (unpaired) electrons. The van der Waals surface area contributed by atoms with Gasteiger partial charge in [0.2, 0.25) is 5.91 Å². The molecule has 180 valence electrons. The van der Waals surface area contributed by atoms with E-state index in [4.69, 9.17) is 4.74 Å². The third kappa shape index (κ3) is 5.40. The van der Waals surface area contributed by atoms with Crippen molar-refractivity contribution in [1.82, 2.24) is 9.78 Å². The van der Waals surface area contributed by atoms with Gasteiger partial charge in [-0.05, 0) is 42.5 Å². The molecule has 3 atom stereocenters. The van der Waals surface area contributed by atoms with Crippen LogP contribution in [0, 0.1) is 11.8 Å². The molecule has 2 aliphatic carbocycles. The maximum absolute atomic E-state index is 14.2. The number of amides is 1. The fraction of sp³-hybridized carbons (Fsp3) is 0.429. The van der Waals surface area contributed by atoms with Crippen LogP contribution in [0.5, 0.6) is 0 Å². The quantitative estimate of drug-likeness (QED) is 0.591. The van der Waals surface area contributed by atoms with Gasteiger partial charge in [-0.15, -0.1) is 0 Å². The summed E-state index contributed by atoms with van der Waals surface area (Å²) in [6.45, 7) is 7.87. The molecule has 2 aromatic rings. The summed E-state index contributed by atoms with van der Waals surface area (Å²) in [6.07, 6.45) is 14.5. The number of fused-ring (bicyclic) bond motifs is 1. The van der Waals surface area contributed by atoms with E-state index >= 15 is 0 Å². The van der Waals surface area contributed by atoms with E-state index in [1.807, 2.05) is 46.3 Å². The van der Waals surface area contributed by atoms with Gasteiger partial charge in [0, 0.05) is 29.9 Å². The van der Waals surface area contributed by atoms with Gasteiger partial charge in [0.15, 0.2) is 0 Å². The summed E-state index contributed by atoms with van der Waals surface area (Å²) < 4.78 is 7.74. The SMILES string of the molecule is CCn1cc(CN(C(=O)C2CC(OCCO)C=C3C=CC=CC32)c2ccc(C(C)C)cc2)cn1. The molecule has 34 heavy (non-hydrogen) atoms. The first-order valence-corrected chi connectivity index (χ1v) is 12.2. The zero-order valence-corrected chi connectivity index (χ0v) is 20.3. The lowest BCUT2D eigenvalue weighted by atomic mass is 9.74. The highest BCUT2D eigenvalue weighted by Crippen LogP contribution is 2.38. The van der Waals surface area contributed by atoms with Crippen LogP contribution in [-0.2, 0) is 22.6 Å². The monoisotopic (exact) mass is 461 g/mol. The van der Waals surface area contributed by atoms with Gasteiger partial charge < -0.3 is 14.7 Å². The number of aliphatic hydroxyl groups is 1. The average Bonchev–Trinajstić information content (AvgIpc) is 3.33. The van der Waals surface area contributed by atoms with Crippen molar-refractivity contribution in [2.75, 3.05) is 18.1 Å². The first-order chi connectivity index (χ1) is 16.5. The number of aliphatic hydroxyl groups excluding tert-OH is 1. The van der Waals surface area contributed by atoms with Crippen molar-refractivity contribution in [2.45, 2.75) is 52.3 Å². The van der Waals surface area contributed by atoms with Crippen LogP contribution in [0.4, 0.5) is 5.69 Å². The number of hydrogen-bond donors (Lipinski definition) is 1. The fourth-order valence-corrected chi connectivity index (χ4v) is 4.74. The van der Waals surface area contributed by atoms with E-state index in [-0.39, 0.29) is 37.1 Å². The van der Waals surface area contributed by atoms with E-state index in [2.05, 4.69) is 56.2 Å². The molecule has 0 spiro atoms. The van der Waals surface area contributed by atoms with Crippen molar-refractivity contribution < 1.29 is 14.6 Å². The van der Waals surface area contributed by atoms with Crippen molar-refractivity contribution in [3.63, 3.8) is 0 Å². The summed E-state index contributed by atoms with van der Waals surface area (Å²) in [4.78, 5) is 16.1. The zero-order valence-electron chi connectivity index (χ0n) is 20.3. The molecular formula is C28H35N3O3. The van der Waals surface area contributed by atoms with Gasteiger partial charge in [0.1, 0.15) is 0 Å². The number of ether oxygens (including phenoxy) is 1. The Morgan fingerprint density at radius 3 is 2.74 bits per heavy atom. The Hall–Kier alpha value is -2.96. The molecule has 4 rings (SSSR count). The van der Waals surface area contributed by atoms with Crippen molar-refractivity contribution >= 4 is 11.6 Å². The Balaban J connectivity index is 1.66. The minimum absolute atomic E-state index is 0.0160. The molecule has 0 aliphatic heterocycles. The van der Waals surface area contributed by atoms with Gasteiger partial charge in [0.25, 0.3) is 0 Å². The normalized spacial score (nSPS) is 21.4. The molecule has 0 fully saturated rings. The highest BCUT2D eigenvalue weighted by molar-refractivity contribution is 5.96. The smallest absolute Gasteiger partial charge is 0.231 e. The fourth-order valence-electron chi connectivity index (χ4n) is 4.74. The number of benzene rings is 1. The predicted octanol–water partition coefficient (Wildman–Crippen LogP) is 4.63. The van der Waals surface area contributed by atoms with Gasteiger partial charge in [-0.3, -0.25) is 9.48 Å². The molecule has 1 N–H and O–H groups in total. The van der Waals surface area contributed by atoms with Gasteiger partial charge in [-0.25, -0.2) is 0 Å². The topological polar surface area (TPSA) is 67.6 Å². The van der Waals surface area contributed by atoms with Gasteiger partial charge in [-0.1, -0.05) is 56.4 Å². The largest absolute Gasteiger partial charge is 0.394 e. The summed E-state index contributed by atoms with van der Waals surface area (Å²) in [7, 11) is 0. The number of carbonyl (C=O) groups excluding carboxylic acids is 1. The van der Waals surface area contributed by atoms with Crippen LogP contribution in [0.25, 0.3) is 0 Å². The molecule has 0 saturated carbocycles. The molecule has 6 heteroatoms. The molecule has 1 amide bonds. The van der Waals surface area contributed by atoms with Crippen molar-refractivity contribution in [3.8, 4) is 0 Å². The van der Waals surface area contributed by atoms with Crippen LogP contribution in [-0.4, -0.2) is 40.1 Å². The number of carbonyl (C=O) groups is 1. The number of rotatable bonds is 9. The van der Waals surface area contributed by atoms with Crippen LogP contribution >= 0.6 is 0 Å². The highest BCUT2D eigenvalue weighted by atomic mass is 16.5. The van der Waals surface area contributed by atoms with Gasteiger partial charge in [0.05, 0.1) is 38.0 Å². The number of anilines is 1. The van der Waals surface area contributed by atoms with Crippen LogP contribution in [0.1, 0.15) is 44.2 Å². The second-order valence-corrected chi connectivity index (χ2v) is 9.29. The molecule has 0 bridgehead atoms. The highest BCUT2D eigenvalue weighted by Gasteiger charge is 2.38. The minimum atomic E-state index is -0.254. The predicted molar refractivity (Wildman–Crippen MR) is 134 cm³/mol. The van der Waals surface area contributed by atoms with Crippen LogP contribution < -0.4 is 4.90 Å². The molecule has 2 aliphatic rings. The Morgan fingerprint density at radius 2 is 2.06 bits per heavy atom. The maximum Gasteiger partial charge on any atom is 0.231 e. The lowest BCUT2D eigenvalue weighted by Gasteiger charge is -2.37. The van der Waals surface area contributed by atoms with Crippen molar-refractivity contribution in [3.05, 3.63) is 83.7 Å². The van der Waals surface area contributed by atoms with Crippen molar-refractivity contribution in [2.24, 2.45) is 11.8 Å². The van der Waals surface area contributed by atoms with E-state index < -0.39 is 0 Å². The average molecular weight is 462 g/mol. The van der Waals surface area contributed by atoms with Crippen LogP contribution in [0.3, 0.4) is 0 Å². The second kappa shape index (κ2) is 11.0. The first kappa shape index (κ1) is 24.2. The first-order valence-electron chi connectivity index (χ1n) is 12.2. The second-order valence-electron chi connectivity index (χ2n) is 9.29.